The molecule has 1 amide bonds. The van der Waals surface area contributed by atoms with Gasteiger partial charge < -0.3 is 5.32 Å². The standard InChI is InChI=1S/C19H21NO/c1-15-8-10-17(11-9-15)12-13-19(21)20-14-16(2)18-6-4-3-5-7-18/h3-13,16H,14H2,1-2H3,(H,20,21)/b13-12+/t16-/m0/s1. The van der Waals surface area contributed by atoms with Gasteiger partial charge in [-0.1, -0.05) is 67.1 Å². The second-order valence-corrected chi connectivity index (χ2v) is 5.30. The molecule has 0 aliphatic carbocycles. The highest BCUT2D eigenvalue weighted by atomic mass is 16.1. The van der Waals surface area contributed by atoms with Gasteiger partial charge in [0.05, 0.1) is 0 Å². The van der Waals surface area contributed by atoms with Crippen LogP contribution in [0, 0.1) is 6.92 Å². The van der Waals surface area contributed by atoms with Gasteiger partial charge in [0.2, 0.25) is 5.91 Å². The van der Waals surface area contributed by atoms with Gasteiger partial charge in [0.25, 0.3) is 0 Å². The van der Waals surface area contributed by atoms with E-state index >= 15 is 0 Å². The molecule has 0 spiro atoms. The Labute approximate surface area is 126 Å². The lowest BCUT2D eigenvalue weighted by Gasteiger charge is -2.11. The number of benzene rings is 2. The van der Waals surface area contributed by atoms with Gasteiger partial charge in [-0.25, -0.2) is 0 Å². The highest BCUT2D eigenvalue weighted by molar-refractivity contribution is 5.91. The Bertz CT molecular complexity index is 599. The fraction of sp³-hybridized carbons (Fsp3) is 0.211. The minimum Gasteiger partial charge on any atom is -0.352 e. The normalized spacial score (nSPS) is 12.3. The highest BCUT2D eigenvalue weighted by Crippen LogP contribution is 2.13. The first-order valence-electron chi connectivity index (χ1n) is 7.22. The lowest BCUT2D eigenvalue weighted by atomic mass is 10.0. The number of carbonyl (C=O) groups excluding carboxylic acids is 1. The van der Waals surface area contributed by atoms with E-state index in [2.05, 4.69) is 24.4 Å². The highest BCUT2D eigenvalue weighted by Gasteiger charge is 2.05. The lowest BCUT2D eigenvalue weighted by molar-refractivity contribution is -0.116. The summed E-state index contributed by atoms with van der Waals surface area (Å²) < 4.78 is 0. The van der Waals surface area contributed by atoms with Crippen molar-refractivity contribution in [1.82, 2.24) is 5.32 Å². The van der Waals surface area contributed by atoms with Crippen LogP contribution in [0.4, 0.5) is 0 Å². The molecule has 0 radical (unpaired) electrons. The van der Waals surface area contributed by atoms with E-state index in [0.29, 0.717) is 12.5 Å². The molecule has 2 rings (SSSR count). The van der Waals surface area contributed by atoms with Crippen LogP contribution < -0.4 is 5.32 Å². The third kappa shape index (κ3) is 4.92. The van der Waals surface area contributed by atoms with Crippen LogP contribution in [0.15, 0.2) is 60.7 Å². The maximum absolute atomic E-state index is 11.8. The van der Waals surface area contributed by atoms with Crippen molar-refractivity contribution in [3.63, 3.8) is 0 Å². The number of carbonyl (C=O) groups is 1. The topological polar surface area (TPSA) is 29.1 Å². The Morgan fingerprint density at radius 1 is 1.10 bits per heavy atom. The molecule has 0 heterocycles. The number of rotatable bonds is 5. The Morgan fingerprint density at radius 3 is 2.43 bits per heavy atom. The Hall–Kier alpha value is -2.35. The SMILES string of the molecule is Cc1ccc(/C=C/C(=O)NC[C@H](C)c2ccccc2)cc1. The summed E-state index contributed by atoms with van der Waals surface area (Å²) in [5.74, 6) is 0.251. The maximum atomic E-state index is 11.8. The molecule has 0 saturated heterocycles. The number of hydrogen-bond donors (Lipinski definition) is 1. The largest absolute Gasteiger partial charge is 0.352 e. The molecule has 1 N–H and O–H groups in total. The van der Waals surface area contributed by atoms with Gasteiger partial charge in [-0.2, -0.15) is 0 Å². The zero-order chi connectivity index (χ0) is 15.1. The molecule has 0 aromatic heterocycles. The smallest absolute Gasteiger partial charge is 0.244 e. The molecule has 0 bridgehead atoms. The number of aryl methyl sites for hydroxylation is 1. The Kier molecular flexibility index (Phi) is 5.33. The summed E-state index contributed by atoms with van der Waals surface area (Å²) in [5.41, 5.74) is 3.49. The third-order valence-electron chi connectivity index (χ3n) is 3.46. The van der Waals surface area contributed by atoms with E-state index in [1.807, 2.05) is 55.5 Å². The van der Waals surface area contributed by atoms with E-state index in [0.717, 1.165) is 5.56 Å². The summed E-state index contributed by atoms with van der Waals surface area (Å²) in [4.78, 5) is 11.8. The molecular formula is C19H21NO. The predicted octanol–water partition coefficient (Wildman–Crippen LogP) is 3.93. The van der Waals surface area contributed by atoms with Crippen molar-refractivity contribution in [1.29, 1.82) is 0 Å². The van der Waals surface area contributed by atoms with Crippen LogP contribution >= 0.6 is 0 Å². The first kappa shape index (κ1) is 15.0. The Balaban J connectivity index is 1.83. The molecule has 0 aliphatic rings. The molecule has 2 nitrogen and oxygen atoms in total. The van der Waals surface area contributed by atoms with Gasteiger partial charge >= 0.3 is 0 Å². The fourth-order valence-corrected chi connectivity index (χ4v) is 2.06. The second kappa shape index (κ2) is 7.44. The van der Waals surface area contributed by atoms with Gasteiger partial charge in [0, 0.05) is 12.6 Å². The fourth-order valence-electron chi connectivity index (χ4n) is 2.06. The van der Waals surface area contributed by atoms with E-state index in [1.165, 1.54) is 11.1 Å². The number of amides is 1. The quantitative estimate of drug-likeness (QED) is 0.826. The number of hydrogen-bond acceptors (Lipinski definition) is 1. The first-order chi connectivity index (χ1) is 10.1. The van der Waals surface area contributed by atoms with Crippen LogP contribution in [0.25, 0.3) is 6.08 Å². The molecule has 0 unspecified atom stereocenters. The van der Waals surface area contributed by atoms with Crippen molar-refractivity contribution in [2.24, 2.45) is 0 Å². The monoisotopic (exact) mass is 279 g/mol. The van der Waals surface area contributed by atoms with Gasteiger partial charge in [-0.3, -0.25) is 4.79 Å². The van der Waals surface area contributed by atoms with Crippen LogP contribution in [0.3, 0.4) is 0 Å². The maximum Gasteiger partial charge on any atom is 0.244 e. The molecule has 2 aromatic rings. The van der Waals surface area contributed by atoms with Crippen LogP contribution in [0.1, 0.15) is 29.5 Å². The molecule has 0 saturated carbocycles. The summed E-state index contributed by atoms with van der Waals surface area (Å²) in [7, 11) is 0. The van der Waals surface area contributed by atoms with Crippen molar-refractivity contribution < 1.29 is 4.79 Å². The minimum atomic E-state index is -0.0571. The van der Waals surface area contributed by atoms with Gasteiger partial charge in [-0.05, 0) is 30.0 Å². The van der Waals surface area contributed by atoms with E-state index < -0.39 is 0 Å². The van der Waals surface area contributed by atoms with Crippen LogP contribution in [-0.2, 0) is 4.79 Å². The van der Waals surface area contributed by atoms with Crippen LogP contribution in [-0.4, -0.2) is 12.5 Å². The van der Waals surface area contributed by atoms with Gasteiger partial charge in [-0.15, -0.1) is 0 Å². The van der Waals surface area contributed by atoms with Crippen molar-refractivity contribution in [3.05, 3.63) is 77.4 Å². The van der Waals surface area contributed by atoms with Gasteiger partial charge in [0.15, 0.2) is 0 Å². The summed E-state index contributed by atoms with van der Waals surface area (Å²) in [6, 6.07) is 18.3. The zero-order valence-electron chi connectivity index (χ0n) is 12.5. The van der Waals surface area contributed by atoms with Crippen molar-refractivity contribution in [3.8, 4) is 0 Å². The molecule has 108 valence electrons. The molecular weight excluding hydrogens is 258 g/mol. The van der Waals surface area contributed by atoms with Crippen molar-refractivity contribution >= 4 is 12.0 Å². The van der Waals surface area contributed by atoms with Crippen molar-refractivity contribution in [2.75, 3.05) is 6.54 Å². The second-order valence-electron chi connectivity index (χ2n) is 5.30. The van der Waals surface area contributed by atoms with Crippen LogP contribution in [0.2, 0.25) is 0 Å². The number of nitrogens with one attached hydrogen (secondary N) is 1. The van der Waals surface area contributed by atoms with Crippen LogP contribution in [0.5, 0.6) is 0 Å². The summed E-state index contributed by atoms with van der Waals surface area (Å²) in [6.45, 7) is 4.80. The van der Waals surface area contributed by atoms with E-state index in [-0.39, 0.29) is 5.91 Å². The molecule has 1 atom stereocenters. The zero-order valence-corrected chi connectivity index (χ0v) is 12.5. The molecule has 0 fully saturated rings. The van der Waals surface area contributed by atoms with E-state index in [9.17, 15) is 4.79 Å². The predicted molar refractivity (Wildman–Crippen MR) is 88.1 cm³/mol. The summed E-state index contributed by atoms with van der Waals surface area (Å²) >= 11 is 0. The molecule has 21 heavy (non-hydrogen) atoms. The lowest BCUT2D eigenvalue weighted by Crippen LogP contribution is -2.25. The third-order valence-corrected chi connectivity index (χ3v) is 3.46. The molecule has 0 aliphatic heterocycles. The molecule has 2 aromatic carbocycles. The van der Waals surface area contributed by atoms with E-state index in [1.54, 1.807) is 6.08 Å². The Morgan fingerprint density at radius 2 is 1.76 bits per heavy atom. The average Bonchev–Trinajstić information content (AvgIpc) is 2.53. The van der Waals surface area contributed by atoms with Gasteiger partial charge in [0.1, 0.15) is 0 Å². The minimum absolute atomic E-state index is 0.0571. The summed E-state index contributed by atoms with van der Waals surface area (Å²) in [5, 5.41) is 2.94. The van der Waals surface area contributed by atoms with Crippen molar-refractivity contribution in [2.45, 2.75) is 19.8 Å². The first-order valence-corrected chi connectivity index (χ1v) is 7.22. The molecule has 2 heteroatoms. The summed E-state index contributed by atoms with van der Waals surface area (Å²) in [6.07, 6.45) is 3.42. The average molecular weight is 279 g/mol. The van der Waals surface area contributed by atoms with E-state index in [4.69, 9.17) is 0 Å².